The minimum absolute atomic E-state index is 0.0220. The van der Waals surface area contributed by atoms with Crippen molar-refractivity contribution in [3.63, 3.8) is 0 Å². The van der Waals surface area contributed by atoms with Crippen molar-refractivity contribution < 1.29 is 14.5 Å². The van der Waals surface area contributed by atoms with Crippen LogP contribution in [0.3, 0.4) is 0 Å². The van der Waals surface area contributed by atoms with Gasteiger partial charge in [0.15, 0.2) is 0 Å². The van der Waals surface area contributed by atoms with Gasteiger partial charge >= 0.3 is 0 Å². The summed E-state index contributed by atoms with van der Waals surface area (Å²) in [4.78, 5) is 24.0. The van der Waals surface area contributed by atoms with E-state index < -0.39 is 4.92 Å². The van der Waals surface area contributed by atoms with Crippen molar-refractivity contribution in [2.45, 2.75) is 19.4 Å². The van der Waals surface area contributed by atoms with Gasteiger partial charge < -0.3 is 10.1 Å². The van der Waals surface area contributed by atoms with Crippen molar-refractivity contribution in [3.05, 3.63) is 106 Å². The molecule has 0 aliphatic rings. The van der Waals surface area contributed by atoms with Crippen molar-refractivity contribution in [1.29, 1.82) is 0 Å². The molecule has 0 aliphatic heterocycles. The lowest BCUT2D eigenvalue weighted by Gasteiger charge is -2.19. The van der Waals surface area contributed by atoms with Crippen LogP contribution in [0.5, 0.6) is 5.75 Å². The minimum atomic E-state index is -0.448. The first-order valence-electron chi connectivity index (χ1n) is 9.98. The van der Waals surface area contributed by atoms with Crippen LogP contribution in [0.15, 0.2) is 78.9 Å². The molecule has 1 unspecified atom stereocenters. The number of methoxy groups -OCH3 is 1. The first-order valence-corrected chi connectivity index (χ1v) is 9.98. The summed E-state index contributed by atoms with van der Waals surface area (Å²) in [6.45, 7) is 2.00. The van der Waals surface area contributed by atoms with E-state index in [0.717, 1.165) is 16.9 Å². The fraction of sp³-hybridized carbons (Fsp3) is 0.160. The first kappa shape index (κ1) is 21.8. The van der Waals surface area contributed by atoms with Crippen LogP contribution in [-0.2, 0) is 4.79 Å². The Kier molecular flexibility index (Phi) is 7.17. The maximum Gasteiger partial charge on any atom is 0.270 e. The third kappa shape index (κ3) is 5.57. The van der Waals surface area contributed by atoms with E-state index in [1.54, 1.807) is 25.3 Å². The summed E-state index contributed by atoms with van der Waals surface area (Å²) in [7, 11) is 1.61. The molecule has 3 rings (SSSR count). The van der Waals surface area contributed by atoms with E-state index in [1.165, 1.54) is 12.1 Å². The predicted octanol–water partition coefficient (Wildman–Crippen LogP) is 5.41. The van der Waals surface area contributed by atoms with E-state index in [2.05, 4.69) is 5.32 Å². The fourth-order valence-corrected chi connectivity index (χ4v) is 3.29. The molecule has 0 aromatic heterocycles. The van der Waals surface area contributed by atoms with Gasteiger partial charge in [-0.1, -0.05) is 61.5 Å². The molecule has 1 atom stereocenters. The van der Waals surface area contributed by atoms with E-state index in [4.69, 9.17) is 4.74 Å². The van der Waals surface area contributed by atoms with Gasteiger partial charge in [-0.2, -0.15) is 0 Å². The van der Waals surface area contributed by atoms with Crippen LogP contribution in [-0.4, -0.2) is 17.9 Å². The molecule has 158 valence electrons. The van der Waals surface area contributed by atoms with E-state index in [1.807, 2.05) is 61.5 Å². The Bertz CT molecular complexity index is 1080. The van der Waals surface area contributed by atoms with Crippen LogP contribution in [0.2, 0.25) is 0 Å². The van der Waals surface area contributed by atoms with Crippen molar-refractivity contribution in [3.8, 4) is 5.75 Å². The van der Waals surface area contributed by atoms with Crippen LogP contribution in [0.4, 0.5) is 5.69 Å². The van der Waals surface area contributed by atoms with Gasteiger partial charge in [-0.15, -0.1) is 0 Å². The summed E-state index contributed by atoms with van der Waals surface area (Å²) < 4.78 is 5.21. The van der Waals surface area contributed by atoms with Gasteiger partial charge in [0, 0.05) is 17.7 Å². The SMILES string of the molecule is CCC(NC(=O)/C(=C/c1cccc([N+](=O)[O-])c1)c1ccccc1)c1ccc(OC)cc1. The Labute approximate surface area is 181 Å². The second kappa shape index (κ2) is 10.2. The molecule has 0 aliphatic carbocycles. The Morgan fingerprint density at radius 1 is 1.06 bits per heavy atom. The number of nitro benzene ring substituents is 1. The average molecular weight is 416 g/mol. The highest BCUT2D eigenvalue weighted by Crippen LogP contribution is 2.25. The standard InChI is InChI=1S/C25H24N2O4/c1-3-24(20-12-14-22(31-2)15-13-20)26-25(28)23(19-9-5-4-6-10-19)17-18-8-7-11-21(16-18)27(29)30/h4-17,24H,3H2,1-2H3,(H,26,28)/b23-17+. The molecule has 1 amide bonds. The van der Waals surface area contributed by atoms with Crippen LogP contribution < -0.4 is 10.1 Å². The maximum atomic E-state index is 13.3. The predicted molar refractivity (Wildman–Crippen MR) is 122 cm³/mol. The molecule has 6 nitrogen and oxygen atoms in total. The van der Waals surface area contributed by atoms with Gasteiger partial charge in [0.25, 0.3) is 11.6 Å². The number of hydrogen-bond acceptors (Lipinski definition) is 4. The van der Waals surface area contributed by atoms with E-state index >= 15 is 0 Å². The summed E-state index contributed by atoms with van der Waals surface area (Å²) in [5, 5.41) is 14.2. The van der Waals surface area contributed by atoms with E-state index in [0.29, 0.717) is 17.6 Å². The Morgan fingerprint density at radius 2 is 1.77 bits per heavy atom. The highest BCUT2D eigenvalue weighted by Gasteiger charge is 2.18. The number of non-ortho nitro benzene ring substituents is 1. The molecule has 0 radical (unpaired) electrons. The molecule has 1 N–H and O–H groups in total. The molecule has 0 fully saturated rings. The highest BCUT2D eigenvalue weighted by atomic mass is 16.6. The zero-order valence-electron chi connectivity index (χ0n) is 17.4. The van der Waals surface area contributed by atoms with Crippen LogP contribution in [0.25, 0.3) is 11.6 Å². The summed E-state index contributed by atoms with van der Waals surface area (Å²) in [5.41, 5.74) is 2.70. The Balaban J connectivity index is 1.94. The van der Waals surface area contributed by atoms with Crippen LogP contribution >= 0.6 is 0 Å². The average Bonchev–Trinajstić information content (AvgIpc) is 2.81. The zero-order chi connectivity index (χ0) is 22.2. The van der Waals surface area contributed by atoms with Gasteiger partial charge in [-0.05, 0) is 41.3 Å². The largest absolute Gasteiger partial charge is 0.497 e. The maximum absolute atomic E-state index is 13.3. The third-order valence-electron chi connectivity index (χ3n) is 4.95. The second-order valence-corrected chi connectivity index (χ2v) is 6.98. The Hall–Kier alpha value is -3.93. The molecule has 0 spiro atoms. The fourth-order valence-electron chi connectivity index (χ4n) is 3.29. The lowest BCUT2D eigenvalue weighted by atomic mass is 9.99. The van der Waals surface area contributed by atoms with Crippen molar-refractivity contribution in [2.24, 2.45) is 0 Å². The zero-order valence-corrected chi connectivity index (χ0v) is 17.4. The molecule has 6 heteroatoms. The first-order chi connectivity index (χ1) is 15.0. The molecule has 0 bridgehead atoms. The molecule has 31 heavy (non-hydrogen) atoms. The molecular formula is C25H24N2O4. The summed E-state index contributed by atoms with van der Waals surface area (Å²) >= 11 is 0. The topological polar surface area (TPSA) is 81.5 Å². The molecule has 3 aromatic carbocycles. The van der Waals surface area contributed by atoms with Gasteiger partial charge in [0.05, 0.1) is 18.1 Å². The van der Waals surface area contributed by atoms with Crippen molar-refractivity contribution in [2.75, 3.05) is 7.11 Å². The monoisotopic (exact) mass is 416 g/mol. The number of benzene rings is 3. The quantitative estimate of drug-likeness (QED) is 0.230. The van der Waals surface area contributed by atoms with Gasteiger partial charge in [0.2, 0.25) is 0 Å². The van der Waals surface area contributed by atoms with E-state index in [-0.39, 0.29) is 17.6 Å². The van der Waals surface area contributed by atoms with Crippen LogP contribution in [0.1, 0.15) is 36.1 Å². The van der Waals surface area contributed by atoms with Crippen LogP contribution in [0, 0.1) is 10.1 Å². The van der Waals surface area contributed by atoms with Gasteiger partial charge in [0.1, 0.15) is 5.75 Å². The smallest absolute Gasteiger partial charge is 0.270 e. The lowest BCUT2D eigenvalue weighted by Crippen LogP contribution is -2.28. The van der Waals surface area contributed by atoms with Crippen molar-refractivity contribution >= 4 is 23.2 Å². The number of ether oxygens (including phenoxy) is 1. The normalized spacial score (nSPS) is 12.1. The molecule has 0 saturated heterocycles. The Morgan fingerprint density at radius 3 is 2.39 bits per heavy atom. The lowest BCUT2D eigenvalue weighted by molar-refractivity contribution is -0.384. The number of carbonyl (C=O) groups is 1. The molecular weight excluding hydrogens is 392 g/mol. The number of nitrogens with one attached hydrogen (secondary N) is 1. The third-order valence-corrected chi connectivity index (χ3v) is 4.95. The minimum Gasteiger partial charge on any atom is -0.497 e. The van der Waals surface area contributed by atoms with E-state index in [9.17, 15) is 14.9 Å². The summed E-state index contributed by atoms with van der Waals surface area (Å²) in [6.07, 6.45) is 2.38. The molecule has 0 heterocycles. The van der Waals surface area contributed by atoms with Gasteiger partial charge in [-0.25, -0.2) is 0 Å². The number of amides is 1. The summed E-state index contributed by atoms with van der Waals surface area (Å²) in [5.74, 6) is 0.501. The highest BCUT2D eigenvalue weighted by molar-refractivity contribution is 6.24. The number of rotatable bonds is 8. The van der Waals surface area contributed by atoms with Crippen molar-refractivity contribution in [1.82, 2.24) is 5.32 Å². The number of nitro groups is 1. The summed E-state index contributed by atoms with van der Waals surface area (Å²) in [6, 6.07) is 22.9. The number of nitrogens with zero attached hydrogens (tertiary/aromatic N) is 1. The molecule has 0 saturated carbocycles. The number of hydrogen-bond donors (Lipinski definition) is 1. The second-order valence-electron chi connectivity index (χ2n) is 6.98. The molecule has 3 aromatic rings. The number of carbonyl (C=O) groups excluding carboxylic acids is 1. The van der Waals surface area contributed by atoms with Gasteiger partial charge in [-0.3, -0.25) is 14.9 Å².